The van der Waals surface area contributed by atoms with E-state index in [1.807, 2.05) is 4.72 Å². The number of esters is 1. The van der Waals surface area contributed by atoms with Crippen LogP contribution in [0.5, 0.6) is 0 Å². The second kappa shape index (κ2) is 16.2. The van der Waals surface area contributed by atoms with Crippen LogP contribution in [0.1, 0.15) is 33.0 Å². The smallest absolute Gasteiger partial charge is 0.578 e. The van der Waals surface area contributed by atoms with E-state index in [9.17, 15) is 48.9 Å². The highest BCUT2D eigenvalue weighted by Gasteiger charge is 2.50. The van der Waals surface area contributed by atoms with E-state index in [0.29, 0.717) is 28.2 Å². The summed E-state index contributed by atoms with van der Waals surface area (Å²) in [6, 6.07) is 8.28. The molecule has 25 heteroatoms. The number of nitrogens with zero attached hydrogens (tertiary/aromatic N) is 5. The van der Waals surface area contributed by atoms with E-state index < -0.39 is 88.7 Å². The van der Waals surface area contributed by atoms with Crippen molar-refractivity contribution >= 4 is 68.2 Å². The molecule has 1 fully saturated rings. The van der Waals surface area contributed by atoms with Gasteiger partial charge in [-0.05, 0) is 44.2 Å². The van der Waals surface area contributed by atoms with Crippen molar-refractivity contribution in [2.45, 2.75) is 41.4 Å². The summed E-state index contributed by atoms with van der Waals surface area (Å²) in [5, 5.41) is 13.3. The van der Waals surface area contributed by atoms with Gasteiger partial charge in [0.2, 0.25) is 16.5 Å². The normalized spacial score (nSPS) is 13.8. The molecule has 0 saturated carbocycles. The number of hydrogen-bond donors (Lipinski definition) is 3. The Hall–Kier alpha value is -4.86. The highest BCUT2D eigenvalue weighted by molar-refractivity contribution is 7.92. The van der Waals surface area contributed by atoms with E-state index in [4.69, 9.17) is 43.7 Å². The van der Waals surface area contributed by atoms with Crippen molar-refractivity contribution in [3.05, 3.63) is 80.7 Å². The average Bonchev–Trinajstić information content (AvgIpc) is 3.35. The van der Waals surface area contributed by atoms with Gasteiger partial charge in [0.05, 0.1) is 34.4 Å². The minimum atomic E-state index is -5.25. The van der Waals surface area contributed by atoms with E-state index in [2.05, 4.69) is 20.4 Å². The number of anilines is 2. The van der Waals surface area contributed by atoms with Gasteiger partial charge in [-0.1, -0.05) is 35.3 Å². The van der Waals surface area contributed by atoms with Crippen molar-refractivity contribution in [2.24, 2.45) is 0 Å². The minimum Gasteiger partial charge on any atom is -0.604 e. The van der Waals surface area contributed by atoms with Crippen LogP contribution in [0.3, 0.4) is 0 Å². The summed E-state index contributed by atoms with van der Waals surface area (Å²) in [6.07, 6.45) is -5.20. The zero-order valence-corrected chi connectivity index (χ0v) is 30.2. The lowest BCUT2D eigenvalue weighted by atomic mass is 10.2. The first kappa shape index (κ1) is 41.9. The summed E-state index contributed by atoms with van der Waals surface area (Å²) in [5.41, 5.74) is -1.38. The first-order valence-electron chi connectivity index (χ1n) is 14.4. The Morgan fingerprint density at radius 1 is 1.07 bits per heavy atom. The van der Waals surface area contributed by atoms with Crippen LogP contribution in [0.25, 0.3) is 5.69 Å². The highest BCUT2D eigenvalue weighted by atomic mass is 35.5. The van der Waals surface area contributed by atoms with Gasteiger partial charge in [0.1, 0.15) is 33.9 Å². The number of aromatic nitrogens is 4. The number of rotatable bonds is 7. The molecule has 0 radical (unpaired) electrons. The Labute approximate surface area is 313 Å². The van der Waals surface area contributed by atoms with Crippen LogP contribution in [0.2, 0.25) is 10.0 Å². The lowest BCUT2D eigenvalue weighted by molar-refractivity contribution is -0.137. The Morgan fingerprint density at radius 3 is 2.15 bits per heavy atom. The van der Waals surface area contributed by atoms with Crippen LogP contribution in [0.4, 0.5) is 42.9 Å². The monoisotopic (exact) mass is 842 g/mol. The van der Waals surface area contributed by atoms with Crippen LogP contribution in [-0.4, -0.2) is 69.5 Å². The standard InChI is InChI=1S/C17H18N4O6S.C12H4Cl2F6N4OS/c1-10-7-11(2)19-16(18-10)20-17(23)21-28(24,25)14-6-4-3-5-13(14)15(22)27-12-8-26-9-12;13-5-1-4(11(15,16)17)2-6(14)8(5)24-10(22)9(7(3-21)23-24)26(25)12(18,19)20/h3-7,12H,8-9H2,1-2H3,(H2,18,19,20,21,23);1-2H,22H2. The lowest BCUT2D eigenvalue weighted by Gasteiger charge is -2.25. The molecule has 1 saturated heterocycles. The first-order chi connectivity index (χ1) is 25.0. The van der Waals surface area contributed by atoms with E-state index in [-0.39, 0.29) is 29.6 Å². The molecule has 2 amide bonds. The maximum atomic E-state index is 12.7. The Balaban J connectivity index is 0.000000241. The van der Waals surface area contributed by atoms with E-state index in [1.54, 1.807) is 19.9 Å². The topological polar surface area (TPSA) is 227 Å². The van der Waals surface area contributed by atoms with Gasteiger partial charge in [0.25, 0.3) is 10.0 Å². The second-order valence-electron chi connectivity index (χ2n) is 10.7. The van der Waals surface area contributed by atoms with E-state index in [1.165, 1.54) is 30.3 Å². The number of ether oxygens (including phenoxy) is 2. The van der Waals surface area contributed by atoms with E-state index in [0.717, 1.165) is 0 Å². The van der Waals surface area contributed by atoms with Gasteiger partial charge in [0.15, 0.2) is 5.82 Å². The zero-order valence-electron chi connectivity index (χ0n) is 27.0. The molecule has 2 aromatic carbocycles. The molecule has 0 spiro atoms. The number of carbonyl (C=O) groups is 2. The van der Waals surface area contributed by atoms with Crippen molar-refractivity contribution in [1.82, 2.24) is 24.5 Å². The van der Waals surface area contributed by atoms with Gasteiger partial charge < -0.3 is 19.8 Å². The number of nitrogen functional groups attached to an aromatic ring is 1. The predicted molar refractivity (Wildman–Crippen MR) is 177 cm³/mol. The highest BCUT2D eigenvalue weighted by Crippen LogP contribution is 2.41. The quantitative estimate of drug-likeness (QED) is 0.120. The minimum absolute atomic E-state index is 0.0390. The molecular formula is C29H22Cl2F6N8O7S2. The van der Waals surface area contributed by atoms with Crippen molar-refractivity contribution in [3.8, 4) is 11.8 Å². The fraction of sp³-hybridized carbons (Fsp3) is 0.241. The summed E-state index contributed by atoms with van der Waals surface area (Å²) >= 11 is 7.77. The van der Waals surface area contributed by atoms with Crippen LogP contribution >= 0.6 is 23.2 Å². The molecule has 15 nitrogen and oxygen atoms in total. The third-order valence-electron chi connectivity index (χ3n) is 6.65. The van der Waals surface area contributed by atoms with Crippen molar-refractivity contribution in [3.63, 3.8) is 0 Å². The molecule has 3 heterocycles. The van der Waals surface area contributed by atoms with Crippen molar-refractivity contribution in [2.75, 3.05) is 24.3 Å². The fourth-order valence-corrected chi connectivity index (χ4v) is 6.86. The van der Waals surface area contributed by atoms with Crippen LogP contribution < -0.4 is 15.8 Å². The summed E-state index contributed by atoms with van der Waals surface area (Å²) in [4.78, 5) is 30.9. The number of nitrogens with two attached hydrogens (primary N) is 1. The van der Waals surface area contributed by atoms with Gasteiger partial charge in [0, 0.05) is 11.4 Å². The van der Waals surface area contributed by atoms with Crippen LogP contribution in [-0.2, 0) is 36.8 Å². The number of benzene rings is 2. The third-order valence-corrected chi connectivity index (χ3v) is 9.80. The summed E-state index contributed by atoms with van der Waals surface area (Å²) in [6.45, 7) is 3.95. The molecule has 4 N–H and O–H groups in total. The maximum Gasteiger partial charge on any atom is 0.578 e. The second-order valence-corrected chi connectivity index (χ2v) is 14.6. The first-order valence-corrected chi connectivity index (χ1v) is 17.8. The molecule has 0 aliphatic carbocycles. The van der Waals surface area contributed by atoms with Gasteiger partial charge >= 0.3 is 23.7 Å². The number of halogens is 8. The molecule has 4 aromatic rings. The number of nitriles is 1. The molecule has 1 unspecified atom stereocenters. The summed E-state index contributed by atoms with van der Waals surface area (Å²) in [7, 11) is -4.35. The summed E-state index contributed by atoms with van der Waals surface area (Å²) < 4.78 is 126. The molecule has 54 heavy (non-hydrogen) atoms. The SMILES string of the molecule is Cc1cc(C)nc(NC(=O)NS(=O)(=O)c2ccccc2C(=O)OC2COC2)n1.N#Cc1nn(-c2c(Cl)cc(C(F)(F)F)cc2Cl)c(N)c1[S+]([O-])C(F)(F)F. The zero-order chi connectivity index (χ0) is 40.3. The fourth-order valence-electron chi connectivity index (χ4n) is 4.34. The number of sulfonamides is 1. The van der Waals surface area contributed by atoms with Crippen LogP contribution in [0.15, 0.2) is 52.3 Å². The molecule has 5 rings (SSSR count). The third kappa shape index (κ3) is 9.81. The maximum absolute atomic E-state index is 12.7. The Bertz CT molecular complexity index is 2210. The molecule has 2 aromatic heterocycles. The molecule has 1 aliphatic rings. The number of aryl methyl sites for hydroxylation is 2. The van der Waals surface area contributed by atoms with Crippen molar-refractivity contribution in [1.29, 1.82) is 5.26 Å². The van der Waals surface area contributed by atoms with E-state index >= 15 is 0 Å². The number of carbonyl (C=O) groups excluding carboxylic acids is 2. The molecule has 288 valence electrons. The Kier molecular flexibility index (Phi) is 12.6. The number of hydrogen-bond acceptors (Lipinski definition) is 12. The summed E-state index contributed by atoms with van der Waals surface area (Å²) in [5.74, 6) is -1.75. The van der Waals surface area contributed by atoms with Crippen LogP contribution in [0, 0.1) is 25.2 Å². The number of urea groups is 1. The molecule has 1 atom stereocenters. The van der Waals surface area contributed by atoms with Crippen molar-refractivity contribution < 1.29 is 58.4 Å². The van der Waals surface area contributed by atoms with Gasteiger partial charge in [-0.2, -0.15) is 18.4 Å². The molecule has 1 aliphatic heterocycles. The Morgan fingerprint density at radius 2 is 1.65 bits per heavy atom. The van der Waals surface area contributed by atoms with Gasteiger partial charge in [-0.15, -0.1) is 18.3 Å². The van der Waals surface area contributed by atoms with Gasteiger partial charge in [-0.3, -0.25) is 5.32 Å². The number of alkyl halides is 6. The molecular weight excluding hydrogens is 821 g/mol. The number of nitrogens with one attached hydrogen (secondary N) is 2. The predicted octanol–water partition coefficient (Wildman–Crippen LogP) is 5.44. The average molecular weight is 844 g/mol. The van der Waals surface area contributed by atoms with Gasteiger partial charge in [-0.25, -0.2) is 37.4 Å². The number of amides is 2. The lowest BCUT2D eigenvalue weighted by Crippen LogP contribution is -2.39. The largest absolute Gasteiger partial charge is 0.604 e. The molecule has 0 bridgehead atoms.